The first-order chi connectivity index (χ1) is 8.31. The quantitative estimate of drug-likeness (QED) is 0.202. The highest BCUT2D eigenvalue weighted by Crippen LogP contribution is 2.07. The zero-order valence-corrected chi connectivity index (χ0v) is 17.3. The average Bonchev–Trinajstić information content (AvgIpc) is 2.26. The summed E-state index contributed by atoms with van der Waals surface area (Å²) in [5, 5.41) is 0. The Hall–Kier alpha value is 0.810. The van der Waals surface area contributed by atoms with E-state index in [1.54, 1.807) is 0 Å². The van der Waals surface area contributed by atoms with E-state index in [2.05, 4.69) is 28.2 Å². The summed E-state index contributed by atoms with van der Waals surface area (Å²) >= 11 is 0. The molecule has 0 aromatic heterocycles. The molecule has 0 aromatic carbocycles. The number of carbonyl (C=O) groups excluding carboxylic acids is 1. The van der Waals surface area contributed by atoms with Crippen LogP contribution < -0.4 is 48.0 Å². The highest BCUT2D eigenvalue weighted by molar-refractivity contribution is 5.69. The lowest BCUT2D eigenvalue weighted by atomic mass is 10.3. The van der Waals surface area contributed by atoms with Crippen molar-refractivity contribution >= 4 is 5.97 Å². The van der Waals surface area contributed by atoms with E-state index in [9.17, 15) is 4.79 Å². The summed E-state index contributed by atoms with van der Waals surface area (Å²) in [6, 6.07) is 0. The van der Waals surface area contributed by atoms with E-state index in [0.717, 1.165) is 48.4 Å². The maximum atomic E-state index is 11.6. The van der Waals surface area contributed by atoms with Gasteiger partial charge in [0.05, 0.1) is 54.4 Å². The van der Waals surface area contributed by atoms with E-state index in [1.165, 1.54) is 0 Å². The number of carbonyl (C=O) groups is 1. The lowest BCUT2D eigenvalue weighted by molar-refractivity contribution is -0.917. The molecule has 0 radical (unpaired) electrons. The average molecular weight is 514 g/mol. The van der Waals surface area contributed by atoms with Gasteiger partial charge in [0.15, 0.2) is 0 Å². The second kappa shape index (κ2) is 10.5. The molecule has 1 saturated heterocycles. The number of rotatable bonds is 6. The third kappa shape index (κ3) is 10.5. The molecule has 20 heavy (non-hydrogen) atoms. The monoisotopic (exact) mass is 514 g/mol. The number of halogens is 2. The molecule has 0 saturated carbocycles. The van der Waals surface area contributed by atoms with Crippen LogP contribution in [0.4, 0.5) is 0 Å². The fourth-order valence-corrected chi connectivity index (χ4v) is 1.89. The van der Waals surface area contributed by atoms with Crippen LogP contribution in [0.5, 0.6) is 0 Å². The Morgan fingerprint density at radius 1 is 1.20 bits per heavy atom. The van der Waals surface area contributed by atoms with Crippen LogP contribution in [0.2, 0.25) is 0 Å². The lowest BCUT2D eigenvalue weighted by Crippen LogP contribution is -3.00. The van der Waals surface area contributed by atoms with Crippen LogP contribution in [0.15, 0.2) is 0 Å². The predicted octanol–water partition coefficient (Wildman–Crippen LogP) is -5.89. The van der Waals surface area contributed by atoms with Gasteiger partial charge in [-0.1, -0.05) is 0 Å². The Kier molecular flexibility index (Phi) is 12.1. The summed E-state index contributed by atoms with van der Waals surface area (Å²) in [5.41, 5.74) is 0. The summed E-state index contributed by atoms with van der Waals surface area (Å²) in [4.78, 5) is 11.6. The van der Waals surface area contributed by atoms with E-state index in [4.69, 9.17) is 9.47 Å². The smallest absolute Gasteiger partial charge is 0.311 e. The highest BCUT2D eigenvalue weighted by Gasteiger charge is 2.25. The molecule has 1 rings (SSSR count). The molecule has 0 amide bonds. The molecule has 1 aliphatic heterocycles. The summed E-state index contributed by atoms with van der Waals surface area (Å²) in [6.45, 7) is 5.87. The van der Waals surface area contributed by atoms with Crippen LogP contribution in [0.1, 0.15) is 6.42 Å². The van der Waals surface area contributed by atoms with Crippen molar-refractivity contribution in [2.24, 2.45) is 0 Å². The maximum absolute atomic E-state index is 11.6. The Balaban J connectivity index is 0. The molecule has 0 N–H and O–H groups in total. The predicted molar refractivity (Wildman–Crippen MR) is 70.1 cm³/mol. The Bertz CT molecular complexity index is 277. The second-order valence-corrected chi connectivity index (χ2v) is 6.39. The third-order valence-electron chi connectivity index (χ3n) is 3.43. The van der Waals surface area contributed by atoms with Crippen LogP contribution in [0.25, 0.3) is 0 Å². The van der Waals surface area contributed by atoms with Crippen LogP contribution >= 0.6 is 0 Å². The molecule has 0 bridgehead atoms. The Morgan fingerprint density at radius 3 is 2.25 bits per heavy atom. The second-order valence-electron chi connectivity index (χ2n) is 6.39. The minimum absolute atomic E-state index is 0. The molecule has 1 aliphatic rings. The van der Waals surface area contributed by atoms with Crippen molar-refractivity contribution in [3.05, 3.63) is 0 Å². The van der Waals surface area contributed by atoms with Crippen molar-refractivity contribution in [1.82, 2.24) is 0 Å². The first-order valence-electron chi connectivity index (χ1n) is 6.68. The molecule has 0 aromatic rings. The lowest BCUT2D eigenvalue weighted by Gasteiger charge is -2.37. The number of hydrogen-bond acceptors (Lipinski definition) is 3. The molecule has 0 unspecified atom stereocenters. The first kappa shape index (κ1) is 23.1. The Morgan fingerprint density at radius 2 is 1.75 bits per heavy atom. The molecule has 0 atom stereocenters. The molecule has 0 aliphatic carbocycles. The van der Waals surface area contributed by atoms with Gasteiger partial charge >= 0.3 is 5.97 Å². The minimum Gasteiger partial charge on any atom is -1.00 e. The zero-order chi connectivity index (χ0) is 13.6. The van der Waals surface area contributed by atoms with Gasteiger partial charge in [0.25, 0.3) is 0 Å². The SMILES string of the molecule is C[N+](C)(C)CCC(=O)OCC[N+]1(C)CCOCC1.[I-].[I-]. The summed E-state index contributed by atoms with van der Waals surface area (Å²) in [7, 11) is 8.43. The number of ether oxygens (including phenoxy) is 2. The van der Waals surface area contributed by atoms with Crippen LogP contribution in [0.3, 0.4) is 0 Å². The van der Waals surface area contributed by atoms with E-state index >= 15 is 0 Å². The summed E-state index contributed by atoms with van der Waals surface area (Å²) in [5.74, 6) is -0.0806. The normalized spacial score (nSPS) is 17.6. The minimum atomic E-state index is -0.0806. The van der Waals surface area contributed by atoms with Gasteiger partial charge in [-0.15, -0.1) is 0 Å². The zero-order valence-electron chi connectivity index (χ0n) is 13.0. The number of esters is 1. The number of nitrogens with zero attached hydrogens (tertiary/aromatic N) is 2. The maximum Gasteiger partial charge on any atom is 0.311 e. The molecule has 122 valence electrons. The van der Waals surface area contributed by atoms with Crippen molar-refractivity contribution < 1.29 is 71.2 Å². The van der Waals surface area contributed by atoms with E-state index in [-0.39, 0.29) is 53.9 Å². The van der Waals surface area contributed by atoms with E-state index in [0.29, 0.717) is 13.0 Å². The van der Waals surface area contributed by atoms with Crippen molar-refractivity contribution in [1.29, 1.82) is 0 Å². The Labute approximate surface area is 157 Å². The standard InChI is InChI=1S/C13H28N2O3.2HI/c1-14(2,3)6-5-13(16)18-12-9-15(4)7-10-17-11-8-15;;/h5-12H2,1-4H3;2*1H/q+2;;/p-2. The first-order valence-corrected chi connectivity index (χ1v) is 6.68. The molecule has 1 fully saturated rings. The van der Waals surface area contributed by atoms with Crippen molar-refractivity contribution in [2.45, 2.75) is 6.42 Å². The van der Waals surface area contributed by atoms with Gasteiger partial charge in [-0.2, -0.15) is 0 Å². The van der Waals surface area contributed by atoms with Crippen molar-refractivity contribution in [3.63, 3.8) is 0 Å². The van der Waals surface area contributed by atoms with Gasteiger partial charge in [0, 0.05) is 0 Å². The molecule has 7 heteroatoms. The molecule has 5 nitrogen and oxygen atoms in total. The van der Waals surface area contributed by atoms with Crippen LogP contribution in [0, 0.1) is 0 Å². The van der Waals surface area contributed by atoms with Gasteiger partial charge in [-0.05, 0) is 0 Å². The fourth-order valence-electron chi connectivity index (χ4n) is 1.89. The topological polar surface area (TPSA) is 35.5 Å². The summed E-state index contributed by atoms with van der Waals surface area (Å²) in [6.07, 6.45) is 0.496. The van der Waals surface area contributed by atoms with E-state index < -0.39 is 0 Å². The number of quaternary nitrogens is 2. The van der Waals surface area contributed by atoms with Crippen LogP contribution in [-0.4, -0.2) is 89.1 Å². The summed E-state index contributed by atoms with van der Waals surface area (Å²) < 4.78 is 12.4. The van der Waals surface area contributed by atoms with Crippen molar-refractivity contribution in [3.8, 4) is 0 Å². The van der Waals surface area contributed by atoms with E-state index in [1.807, 2.05) is 0 Å². The van der Waals surface area contributed by atoms with Crippen molar-refractivity contribution in [2.75, 3.05) is 74.2 Å². The number of hydrogen-bond donors (Lipinski definition) is 0. The molecular formula is C13H28I2N2O3. The highest BCUT2D eigenvalue weighted by atomic mass is 127. The van der Waals surface area contributed by atoms with Gasteiger partial charge < -0.3 is 66.4 Å². The van der Waals surface area contributed by atoms with Gasteiger partial charge in [0.1, 0.15) is 26.2 Å². The molecule has 0 spiro atoms. The van der Waals surface area contributed by atoms with Gasteiger partial charge in [0.2, 0.25) is 0 Å². The third-order valence-corrected chi connectivity index (χ3v) is 3.43. The van der Waals surface area contributed by atoms with Crippen LogP contribution in [-0.2, 0) is 14.3 Å². The van der Waals surface area contributed by atoms with Gasteiger partial charge in [-0.3, -0.25) is 4.79 Å². The van der Waals surface area contributed by atoms with Gasteiger partial charge in [-0.25, -0.2) is 0 Å². The number of likely N-dealkylation sites (N-methyl/N-ethyl adjacent to an activating group) is 1. The molecule has 1 heterocycles. The number of morpholine rings is 1. The fraction of sp³-hybridized carbons (Fsp3) is 0.923. The molecular weight excluding hydrogens is 486 g/mol. The largest absolute Gasteiger partial charge is 1.00 e.